The first-order chi connectivity index (χ1) is 11.2. The molecule has 2 aliphatic heterocycles. The van der Waals surface area contributed by atoms with Crippen LogP contribution in [0, 0.1) is 11.3 Å². The van der Waals surface area contributed by atoms with Gasteiger partial charge >= 0.3 is 0 Å². The monoisotopic (exact) mass is 329 g/mol. The first-order valence-electron chi connectivity index (χ1n) is 9.34. The van der Waals surface area contributed by atoms with E-state index in [0.29, 0.717) is 16.3 Å². The second-order valence-electron chi connectivity index (χ2n) is 8.21. The molecule has 2 saturated carbocycles. The van der Waals surface area contributed by atoms with Gasteiger partial charge in [0, 0.05) is 27.6 Å². The zero-order valence-electron chi connectivity index (χ0n) is 14.0. The average molecular weight is 330 g/mol. The third-order valence-corrected chi connectivity index (χ3v) is 8.88. The van der Waals surface area contributed by atoms with E-state index < -0.39 is 0 Å². The Kier molecular flexibility index (Phi) is 3.37. The van der Waals surface area contributed by atoms with E-state index in [-0.39, 0.29) is 0 Å². The number of hydrogen-bond donors (Lipinski definition) is 0. The van der Waals surface area contributed by atoms with E-state index in [1.807, 2.05) is 0 Å². The van der Waals surface area contributed by atoms with E-state index in [0.717, 1.165) is 18.7 Å². The van der Waals surface area contributed by atoms with E-state index >= 15 is 0 Å². The van der Waals surface area contributed by atoms with Crippen molar-refractivity contribution in [1.29, 1.82) is 0 Å². The van der Waals surface area contributed by atoms with Crippen LogP contribution in [0.25, 0.3) is 0 Å². The molecular formula is C20H27NOS. The van der Waals surface area contributed by atoms with Gasteiger partial charge in [0.05, 0.1) is 12.8 Å². The second-order valence-corrected chi connectivity index (χ2v) is 9.64. The van der Waals surface area contributed by atoms with E-state index in [1.165, 1.54) is 50.0 Å². The fourth-order valence-electron chi connectivity index (χ4n) is 6.40. The molecule has 1 spiro atoms. The van der Waals surface area contributed by atoms with Crippen molar-refractivity contribution in [3.63, 3.8) is 0 Å². The lowest BCUT2D eigenvalue weighted by molar-refractivity contribution is -0.171. The molecule has 1 aromatic rings. The van der Waals surface area contributed by atoms with Crippen molar-refractivity contribution in [2.75, 3.05) is 13.3 Å². The van der Waals surface area contributed by atoms with Gasteiger partial charge in [-0.05, 0) is 43.7 Å². The third kappa shape index (κ3) is 1.96. The summed E-state index contributed by atoms with van der Waals surface area (Å²) < 4.78 is 6.75. The summed E-state index contributed by atoms with van der Waals surface area (Å²) in [5.41, 5.74) is 0.447. The van der Waals surface area contributed by atoms with E-state index in [4.69, 9.17) is 4.74 Å². The van der Waals surface area contributed by atoms with Crippen LogP contribution in [0.3, 0.4) is 0 Å². The summed E-state index contributed by atoms with van der Waals surface area (Å²) in [6, 6.07) is 11.9. The molecule has 4 fully saturated rings. The van der Waals surface area contributed by atoms with Gasteiger partial charge in [0.15, 0.2) is 0 Å². The smallest absolute Gasteiger partial charge is 0.0997 e. The largest absolute Gasteiger partial charge is 0.362 e. The molecule has 5 rings (SSSR count). The van der Waals surface area contributed by atoms with Crippen LogP contribution < -0.4 is 0 Å². The SMILES string of the molecule is C[C@H]1CN2CO[C@H]3CCC[C@@]34CCC[C@]1(Sc1ccccc1)[C@@H]24. The number of ether oxygens (including phenoxy) is 1. The number of hydrogen-bond acceptors (Lipinski definition) is 3. The van der Waals surface area contributed by atoms with Gasteiger partial charge in [-0.1, -0.05) is 38.0 Å². The fraction of sp³-hybridized carbons (Fsp3) is 0.700. The van der Waals surface area contributed by atoms with Gasteiger partial charge in [-0.25, -0.2) is 0 Å². The Morgan fingerprint density at radius 1 is 1.13 bits per heavy atom. The third-order valence-electron chi connectivity index (χ3n) is 7.17. The van der Waals surface area contributed by atoms with Crippen molar-refractivity contribution < 1.29 is 4.74 Å². The van der Waals surface area contributed by atoms with E-state index in [1.54, 1.807) is 0 Å². The van der Waals surface area contributed by atoms with Crippen molar-refractivity contribution in [3.8, 4) is 0 Å². The molecule has 2 aliphatic carbocycles. The summed E-state index contributed by atoms with van der Waals surface area (Å²) in [4.78, 5) is 4.17. The fourth-order valence-corrected chi connectivity index (χ4v) is 8.15. The molecular weight excluding hydrogens is 302 g/mol. The summed E-state index contributed by atoms with van der Waals surface area (Å²) in [5, 5.41) is 0. The lowest BCUT2D eigenvalue weighted by Gasteiger charge is -2.58. The van der Waals surface area contributed by atoms with Crippen molar-refractivity contribution in [2.24, 2.45) is 11.3 Å². The highest BCUT2D eigenvalue weighted by Crippen LogP contribution is 2.65. The van der Waals surface area contributed by atoms with Gasteiger partial charge in [-0.2, -0.15) is 0 Å². The maximum atomic E-state index is 6.35. The van der Waals surface area contributed by atoms with E-state index in [9.17, 15) is 0 Å². The zero-order chi connectivity index (χ0) is 15.5. The van der Waals surface area contributed by atoms with Crippen LogP contribution in [-0.2, 0) is 4.74 Å². The average Bonchev–Trinajstić information content (AvgIpc) is 3.09. The van der Waals surface area contributed by atoms with Gasteiger partial charge in [0.2, 0.25) is 0 Å². The van der Waals surface area contributed by atoms with Crippen LogP contribution in [0.5, 0.6) is 0 Å². The van der Waals surface area contributed by atoms with E-state index in [2.05, 4.69) is 53.9 Å². The molecule has 5 atom stereocenters. The van der Waals surface area contributed by atoms with Crippen LogP contribution in [-0.4, -0.2) is 35.1 Å². The molecule has 3 heteroatoms. The minimum Gasteiger partial charge on any atom is -0.362 e. The summed E-state index contributed by atoms with van der Waals surface area (Å²) in [7, 11) is 0. The van der Waals surface area contributed by atoms with Gasteiger partial charge in [-0.15, -0.1) is 11.8 Å². The Bertz CT molecular complexity index is 593. The van der Waals surface area contributed by atoms with Gasteiger partial charge in [0.1, 0.15) is 0 Å². The molecule has 124 valence electrons. The molecule has 23 heavy (non-hydrogen) atoms. The molecule has 2 heterocycles. The van der Waals surface area contributed by atoms with Crippen molar-refractivity contribution in [3.05, 3.63) is 30.3 Å². The molecule has 0 amide bonds. The Morgan fingerprint density at radius 3 is 2.83 bits per heavy atom. The van der Waals surface area contributed by atoms with Crippen molar-refractivity contribution >= 4 is 11.8 Å². The summed E-state index contributed by atoms with van der Waals surface area (Å²) in [6.07, 6.45) is 8.74. The Balaban J connectivity index is 1.58. The normalized spacial score (nSPS) is 45.7. The zero-order valence-corrected chi connectivity index (χ0v) is 14.9. The Labute approximate surface area is 144 Å². The Morgan fingerprint density at radius 2 is 1.96 bits per heavy atom. The first-order valence-corrected chi connectivity index (χ1v) is 10.2. The molecule has 0 bridgehead atoms. The minimum atomic E-state index is 0.395. The van der Waals surface area contributed by atoms with Crippen molar-refractivity contribution in [1.82, 2.24) is 4.90 Å². The van der Waals surface area contributed by atoms with Crippen LogP contribution in [0.1, 0.15) is 45.4 Å². The number of thioether (sulfide) groups is 1. The highest BCUT2D eigenvalue weighted by atomic mass is 32.2. The van der Waals surface area contributed by atoms with Gasteiger partial charge in [-0.3, -0.25) is 4.90 Å². The minimum absolute atomic E-state index is 0.395. The summed E-state index contributed by atoms with van der Waals surface area (Å²) in [6.45, 7) is 4.59. The second kappa shape index (κ2) is 5.24. The number of rotatable bonds is 2. The van der Waals surface area contributed by atoms with Crippen molar-refractivity contribution in [2.45, 2.75) is 67.2 Å². The Hall–Kier alpha value is -0.510. The predicted octanol–water partition coefficient (Wildman–Crippen LogP) is 4.55. The standard InChI is InChI=1S/C20H27NOS/c1-15-13-21-14-22-17-9-5-10-19(17)11-6-12-20(15,18(19)21)23-16-7-3-2-4-8-16/h2-4,7-8,15,17-18H,5-6,9-14H2,1H3/t15-,17-,18-,19+,20+/m0/s1. The summed E-state index contributed by atoms with van der Waals surface area (Å²) >= 11 is 2.19. The van der Waals surface area contributed by atoms with Crippen LogP contribution in [0.2, 0.25) is 0 Å². The number of nitrogens with zero attached hydrogens (tertiary/aromatic N) is 1. The molecule has 0 unspecified atom stereocenters. The molecule has 2 saturated heterocycles. The molecule has 2 nitrogen and oxygen atoms in total. The highest BCUT2D eigenvalue weighted by molar-refractivity contribution is 8.00. The quantitative estimate of drug-likeness (QED) is 0.790. The molecule has 1 aromatic carbocycles. The number of benzene rings is 1. The van der Waals surface area contributed by atoms with Gasteiger partial charge in [0.25, 0.3) is 0 Å². The topological polar surface area (TPSA) is 12.5 Å². The molecule has 0 N–H and O–H groups in total. The van der Waals surface area contributed by atoms with Crippen LogP contribution in [0.4, 0.5) is 0 Å². The van der Waals surface area contributed by atoms with Gasteiger partial charge < -0.3 is 4.74 Å². The lowest BCUT2D eigenvalue weighted by atomic mass is 9.61. The lowest BCUT2D eigenvalue weighted by Crippen LogP contribution is -2.64. The molecule has 4 aliphatic rings. The highest BCUT2D eigenvalue weighted by Gasteiger charge is 2.67. The van der Waals surface area contributed by atoms with Crippen LogP contribution in [0.15, 0.2) is 35.2 Å². The summed E-state index contributed by atoms with van der Waals surface area (Å²) in [5.74, 6) is 0.748. The maximum Gasteiger partial charge on any atom is 0.0997 e. The van der Waals surface area contributed by atoms with Crippen LogP contribution >= 0.6 is 11.8 Å². The molecule has 0 aromatic heterocycles. The molecule has 0 radical (unpaired) electrons. The first kappa shape index (κ1) is 14.8. The predicted molar refractivity (Wildman–Crippen MR) is 94.6 cm³/mol. The maximum absolute atomic E-state index is 6.35.